The third-order valence-electron chi connectivity index (χ3n) is 2.23. The summed E-state index contributed by atoms with van der Waals surface area (Å²) in [4.78, 5) is 1.07. The average Bonchev–Trinajstić information content (AvgIpc) is 2.32. The third kappa shape index (κ3) is 5.22. The van der Waals surface area contributed by atoms with Gasteiger partial charge in [-0.05, 0) is 42.4 Å². The van der Waals surface area contributed by atoms with E-state index in [4.69, 9.17) is 0 Å². The molecule has 1 aromatic rings. The minimum Gasteiger partial charge on any atom is -0.148 e. The molecule has 0 nitrogen and oxygen atoms in total. The van der Waals surface area contributed by atoms with Crippen LogP contribution in [-0.4, -0.2) is 0 Å². The molecule has 0 N–H and O–H groups in total. The Labute approximate surface area is 105 Å². The molecule has 0 radical (unpaired) electrons. The van der Waals surface area contributed by atoms with E-state index in [1.54, 1.807) is 0 Å². The van der Waals surface area contributed by atoms with Gasteiger partial charge in [-0.3, -0.25) is 0 Å². The summed E-state index contributed by atoms with van der Waals surface area (Å²) in [5, 5.41) is 0. The summed E-state index contributed by atoms with van der Waals surface area (Å²) >= 11 is 4.32. The molecule has 0 spiro atoms. The van der Waals surface area contributed by atoms with Crippen molar-refractivity contribution >= 4 is 18.2 Å². The van der Waals surface area contributed by atoms with Crippen LogP contribution in [0.5, 0.6) is 0 Å². The molecule has 0 unspecified atom stereocenters. The van der Waals surface area contributed by atoms with Crippen LogP contribution in [-0.2, 0) is 0 Å². The highest BCUT2D eigenvalue weighted by molar-refractivity contribution is 7.84. The standard InChI is InChI=1S/C13H16S.C2H6/c1-10(12(3)14)9-11(2)13-7-5-4-6-8-13;1-2/h4-9,14H,1-3H3;1-2H3/b11-9+,12-10+;. The van der Waals surface area contributed by atoms with Gasteiger partial charge in [0.1, 0.15) is 0 Å². The third-order valence-corrected chi connectivity index (χ3v) is 2.59. The number of hydrogen-bond donors (Lipinski definition) is 1. The first kappa shape index (κ1) is 15.0. The zero-order valence-corrected chi connectivity index (χ0v) is 11.8. The molecule has 1 aromatic carbocycles. The maximum absolute atomic E-state index is 4.32. The van der Waals surface area contributed by atoms with Gasteiger partial charge in [0.15, 0.2) is 0 Å². The van der Waals surface area contributed by atoms with Crippen LogP contribution in [0.15, 0.2) is 46.9 Å². The predicted molar refractivity (Wildman–Crippen MR) is 78.8 cm³/mol. The molecule has 1 heteroatoms. The molecule has 0 heterocycles. The maximum Gasteiger partial charge on any atom is -0.0186 e. The molecule has 0 saturated carbocycles. The molecule has 0 fully saturated rings. The van der Waals surface area contributed by atoms with Gasteiger partial charge in [-0.15, -0.1) is 12.6 Å². The molecule has 0 amide bonds. The average molecular weight is 234 g/mol. The van der Waals surface area contributed by atoms with Crippen molar-refractivity contribution in [2.45, 2.75) is 34.6 Å². The Kier molecular flexibility index (Phi) is 7.74. The smallest absolute Gasteiger partial charge is 0.0186 e. The number of hydrogen-bond acceptors (Lipinski definition) is 1. The molecule has 1 rings (SSSR count). The van der Waals surface area contributed by atoms with Crippen molar-refractivity contribution in [3.63, 3.8) is 0 Å². The van der Waals surface area contributed by atoms with E-state index in [1.165, 1.54) is 16.7 Å². The van der Waals surface area contributed by atoms with Crippen molar-refractivity contribution < 1.29 is 0 Å². The summed E-state index contributed by atoms with van der Waals surface area (Å²) in [7, 11) is 0. The Hall–Kier alpha value is -0.950. The second kappa shape index (κ2) is 8.23. The topological polar surface area (TPSA) is 0 Å². The van der Waals surface area contributed by atoms with Crippen molar-refractivity contribution in [3.05, 3.63) is 52.4 Å². The van der Waals surface area contributed by atoms with E-state index in [1.807, 2.05) is 26.8 Å². The van der Waals surface area contributed by atoms with Crippen LogP contribution in [0.25, 0.3) is 5.57 Å². The SMILES string of the molecule is C/C(=C\C(C)=C(/C)S)c1ccccc1.CC. The Morgan fingerprint density at radius 1 is 1.00 bits per heavy atom. The van der Waals surface area contributed by atoms with Gasteiger partial charge in [0, 0.05) is 0 Å². The van der Waals surface area contributed by atoms with E-state index in [9.17, 15) is 0 Å². The first-order chi connectivity index (χ1) is 7.61. The van der Waals surface area contributed by atoms with Crippen molar-refractivity contribution in [1.82, 2.24) is 0 Å². The lowest BCUT2D eigenvalue weighted by Gasteiger charge is -2.02. The zero-order valence-electron chi connectivity index (χ0n) is 10.9. The monoisotopic (exact) mass is 234 g/mol. The normalized spacial score (nSPS) is 12.5. The van der Waals surface area contributed by atoms with E-state index in [2.05, 4.69) is 56.8 Å². The van der Waals surface area contributed by atoms with E-state index in [0.717, 1.165) is 4.91 Å². The molecule has 0 aliphatic heterocycles. The fraction of sp³-hybridized carbons (Fsp3) is 0.333. The van der Waals surface area contributed by atoms with Gasteiger partial charge >= 0.3 is 0 Å². The van der Waals surface area contributed by atoms with Gasteiger partial charge in [0.05, 0.1) is 0 Å². The van der Waals surface area contributed by atoms with Crippen LogP contribution in [0.2, 0.25) is 0 Å². The molecule has 0 atom stereocenters. The van der Waals surface area contributed by atoms with Gasteiger partial charge in [-0.25, -0.2) is 0 Å². The highest BCUT2D eigenvalue weighted by Crippen LogP contribution is 2.17. The van der Waals surface area contributed by atoms with Crippen molar-refractivity contribution in [2.75, 3.05) is 0 Å². The fourth-order valence-electron chi connectivity index (χ4n) is 1.21. The molecular formula is C15H22S. The molecule has 16 heavy (non-hydrogen) atoms. The van der Waals surface area contributed by atoms with E-state index in [-0.39, 0.29) is 0 Å². The highest BCUT2D eigenvalue weighted by Gasteiger charge is 1.94. The first-order valence-electron chi connectivity index (χ1n) is 5.71. The van der Waals surface area contributed by atoms with Crippen LogP contribution in [0.1, 0.15) is 40.2 Å². The summed E-state index contributed by atoms with van der Waals surface area (Å²) in [5.41, 5.74) is 3.76. The molecular weight excluding hydrogens is 212 g/mol. The number of allylic oxidation sites excluding steroid dienone is 4. The number of rotatable bonds is 2. The largest absolute Gasteiger partial charge is 0.148 e. The number of benzene rings is 1. The van der Waals surface area contributed by atoms with Crippen molar-refractivity contribution in [3.8, 4) is 0 Å². The van der Waals surface area contributed by atoms with Crippen molar-refractivity contribution in [1.29, 1.82) is 0 Å². The quantitative estimate of drug-likeness (QED) is 0.518. The van der Waals surface area contributed by atoms with Crippen molar-refractivity contribution in [2.24, 2.45) is 0 Å². The molecule has 0 bridgehead atoms. The summed E-state index contributed by atoms with van der Waals surface area (Å²) in [6, 6.07) is 10.4. The van der Waals surface area contributed by atoms with Gasteiger partial charge < -0.3 is 0 Å². The first-order valence-corrected chi connectivity index (χ1v) is 6.16. The second-order valence-corrected chi connectivity index (χ2v) is 4.13. The van der Waals surface area contributed by atoms with E-state index >= 15 is 0 Å². The highest BCUT2D eigenvalue weighted by atomic mass is 32.1. The van der Waals surface area contributed by atoms with Gasteiger partial charge in [-0.2, -0.15) is 0 Å². The molecule has 88 valence electrons. The molecule has 0 saturated heterocycles. The Balaban J connectivity index is 0.00000106. The van der Waals surface area contributed by atoms with Crippen LogP contribution < -0.4 is 0 Å². The summed E-state index contributed by atoms with van der Waals surface area (Å²) in [6.07, 6.45) is 2.16. The number of thiol groups is 1. The van der Waals surface area contributed by atoms with E-state index < -0.39 is 0 Å². The van der Waals surface area contributed by atoms with Crippen LogP contribution >= 0.6 is 12.6 Å². The fourth-order valence-corrected chi connectivity index (χ4v) is 1.28. The summed E-state index contributed by atoms with van der Waals surface area (Å²) in [6.45, 7) is 10.2. The van der Waals surface area contributed by atoms with Crippen LogP contribution in [0, 0.1) is 0 Å². The zero-order chi connectivity index (χ0) is 12.6. The molecule has 0 aliphatic rings. The van der Waals surface area contributed by atoms with E-state index in [0.29, 0.717) is 0 Å². The second-order valence-electron chi connectivity index (χ2n) is 3.46. The molecule has 0 aliphatic carbocycles. The minimum atomic E-state index is 1.07. The summed E-state index contributed by atoms with van der Waals surface area (Å²) < 4.78 is 0. The van der Waals surface area contributed by atoms with Gasteiger partial charge in [0.25, 0.3) is 0 Å². The predicted octanol–water partition coefficient (Wildman–Crippen LogP) is 5.34. The Bertz CT molecular complexity index is 354. The lowest BCUT2D eigenvalue weighted by Crippen LogP contribution is -1.80. The summed E-state index contributed by atoms with van der Waals surface area (Å²) in [5.74, 6) is 0. The van der Waals surface area contributed by atoms with Crippen LogP contribution in [0.3, 0.4) is 0 Å². The lowest BCUT2D eigenvalue weighted by atomic mass is 10.1. The van der Waals surface area contributed by atoms with Crippen LogP contribution in [0.4, 0.5) is 0 Å². The van der Waals surface area contributed by atoms with Gasteiger partial charge in [-0.1, -0.05) is 50.3 Å². The lowest BCUT2D eigenvalue weighted by molar-refractivity contribution is 1.44. The Morgan fingerprint density at radius 2 is 1.50 bits per heavy atom. The van der Waals surface area contributed by atoms with Gasteiger partial charge in [0.2, 0.25) is 0 Å². The maximum atomic E-state index is 4.32. The minimum absolute atomic E-state index is 1.07. The Morgan fingerprint density at radius 3 is 1.94 bits per heavy atom. The molecule has 0 aromatic heterocycles.